The number of nitrogens with zero attached hydrogens (tertiary/aromatic N) is 1. The van der Waals surface area contributed by atoms with Crippen LogP contribution in [0.5, 0.6) is 0 Å². The minimum Gasteiger partial charge on any atom is -0.319 e. The van der Waals surface area contributed by atoms with Gasteiger partial charge in [0, 0.05) is 4.47 Å². The second kappa shape index (κ2) is 5.81. The summed E-state index contributed by atoms with van der Waals surface area (Å²) in [6.07, 6.45) is 0. The molecule has 1 aliphatic heterocycles. The molecule has 118 valence electrons. The number of urea groups is 1. The monoisotopic (exact) mass is 372 g/mol. The summed E-state index contributed by atoms with van der Waals surface area (Å²) in [5, 5.41) is 2.83. The average molecular weight is 373 g/mol. The summed E-state index contributed by atoms with van der Waals surface area (Å²) >= 11 is 3.41. The van der Waals surface area contributed by atoms with E-state index in [9.17, 15) is 9.59 Å². The molecule has 0 aliphatic carbocycles. The maximum atomic E-state index is 12.9. The molecule has 0 aromatic heterocycles. The van der Waals surface area contributed by atoms with E-state index in [0.717, 1.165) is 21.2 Å². The number of rotatable bonds is 3. The third-order valence-electron chi connectivity index (χ3n) is 4.27. The summed E-state index contributed by atoms with van der Waals surface area (Å²) in [5.74, 6) is -0.233. The molecule has 2 aromatic carbocycles. The lowest BCUT2D eigenvalue weighted by Crippen LogP contribution is -2.40. The Morgan fingerprint density at radius 1 is 1.13 bits per heavy atom. The van der Waals surface area contributed by atoms with Crippen molar-refractivity contribution < 1.29 is 9.59 Å². The van der Waals surface area contributed by atoms with Crippen LogP contribution >= 0.6 is 15.9 Å². The SMILES string of the molecule is Cc1ccccc1CN1C(=O)N[C@](C)(c2cccc(Br)c2)C1=O. The summed E-state index contributed by atoms with van der Waals surface area (Å²) in [5.41, 5.74) is 1.75. The van der Waals surface area contributed by atoms with Crippen molar-refractivity contribution in [2.45, 2.75) is 25.9 Å². The number of imide groups is 1. The van der Waals surface area contributed by atoms with E-state index < -0.39 is 5.54 Å². The number of hydrogen-bond donors (Lipinski definition) is 1. The van der Waals surface area contributed by atoms with Crippen molar-refractivity contribution >= 4 is 27.9 Å². The summed E-state index contributed by atoms with van der Waals surface area (Å²) in [4.78, 5) is 26.5. The van der Waals surface area contributed by atoms with Gasteiger partial charge in [0.25, 0.3) is 5.91 Å². The highest BCUT2D eigenvalue weighted by atomic mass is 79.9. The van der Waals surface area contributed by atoms with Crippen LogP contribution in [-0.2, 0) is 16.9 Å². The van der Waals surface area contributed by atoms with Crippen molar-refractivity contribution in [3.8, 4) is 0 Å². The van der Waals surface area contributed by atoms with Crippen LogP contribution in [0.25, 0.3) is 0 Å². The van der Waals surface area contributed by atoms with Crippen LogP contribution in [0.2, 0.25) is 0 Å². The van der Waals surface area contributed by atoms with Crippen LogP contribution in [0.15, 0.2) is 53.0 Å². The standard InChI is InChI=1S/C18H17BrN2O2/c1-12-6-3-4-7-13(12)11-21-16(22)18(2,20-17(21)23)14-8-5-9-15(19)10-14/h3-10H,11H2,1-2H3,(H,20,23)/t18-/m1/s1. The topological polar surface area (TPSA) is 49.4 Å². The first-order valence-corrected chi connectivity index (χ1v) is 8.16. The smallest absolute Gasteiger partial charge is 0.319 e. The number of carbonyl (C=O) groups excluding carboxylic acids is 2. The predicted molar refractivity (Wildman–Crippen MR) is 91.8 cm³/mol. The van der Waals surface area contributed by atoms with E-state index >= 15 is 0 Å². The largest absolute Gasteiger partial charge is 0.325 e. The number of benzene rings is 2. The Balaban J connectivity index is 1.92. The van der Waals surface area contributed by atoms with Gasteiger partial charge in [-0.1, -0.05) is 52.3 Å². The van der Waals surface area contributed by atoms with E-state index in [1.165, 1.54) is 4.90 Å². The van der Waals surface area contributed by atoms with Crippen molar-refractivity contribution in [3.63, 3.8) is 0 Å². The zero-order chi connectivity index (χ0) is 16.6. The fourth-order valence-electron chi connectivity index (χ4n) is 2.79. The Bertz CT molecular complexity index is 790. The molecule has 0 spiro atoms. The second-order valence-corrected chi connectivity index (χ2v) is 6.80. The molecule has 1 aliphatic rings. The van der Waals surface area contributed by atoms with Crippen LogP contribution < -0.4 is 5.32 Å². The van der Waals surface area contributed by atoms with Gasteiger partial charge in [0.2, 0.25) is 0 Å². The molecule has 1 fully saturated rings. The molecule has 23 heavy (non-hydrogen) atoms. The van der Waals surface area contributed by atoms with Crippen molar-refractivity contribution in [3.05, 3.63) is 69.7 Å². The molecular formula is C18H17BrN2O2. The quantitative estimate of drug-likeness (QED) is 0.834. The van der Waals surface area contributed by atoms with Gasteiger partial charge in [-0.25, -0.2) is 4.79 Å². The number of halogens is 1. The molecule has 4 nitrogen and oxygen atoms in total. The molecule has 5 heteroatoms. The van der Waals surface area contributed by atoms with Gasteiger partial charge in [0.1, 0.15) is 5.54 Å². The van der Waals surface area contributed by atoms with Gasteiger partial charge < -0.3 is 5.32 Å². The number of amides is 3. The van der Waals surface area contributed by atoms with E-state index in [1.807, 2.05) is 55.5 Å². The second-order valence-electron chi connectivity index (χ2n) is 5.88. The summed E-state index contributed by atoms with van der Waals surface area (Å²) in [6.45, 7) is 4.00. The van der Waals surface area contributed by atoms with Crippen molar-refractivity contribution in [1.29, 1.82) is 0 Å². The molecule has 0 bridgehead atoms. The molecule has 1 N–H and O–H groups in total. The van der Waals surface area contributed by atoms with Gasteiger partial charge >= 0.3 is 6.03 Å². The molecule has 3 rings (SSSR count). The maximum Gasteiger partial charge on any atom is 0.325 e. The normalized spacial score (nSPS) is 20.7. The Labute approximate surface area is 143 Å². The van der Waals surface area contributed by atoms with Gasteiger partial charge in [-0.2, -0.15) is 0 Å². The fourth-order valence-corrected chi connectivity index (χ4v) is 3.19. The number of nitrogens with one attached hydrogen (secondary N) is 1. The van der Waals surface area contributed by atoms with Gasteiger partial charge in [0.15, 0.2) is 0 Å². The first kappa shape index (κ1) is 15.7. The number of carbonyl (C=O) groups is 2. The lowest BCUT2D eigenvalue weighted by atomic mass is 9.92. The van der Waals surface area contributed by atoms with E-state index in [0.29, 0.717) is 0 Å². The van der Waals surface area contributed by atoms with Crippen molar-refractivity contribution in [1.82, 2.24) is 10.2 Å². The Morgan fingerprint density at radius 2 is 1.87 bits per heavy atom. The number of aryl methyl sites for hydroxylation is 1. The molecule has 3 amide bonds. The molecule has 0 saturated carbocycles. The molecule has 0 radical (unpaired) electrons. The van der Waals surface area contributed by atoms with Crippen molar-refractivity contribution in [2.75, 3.05) is 0 Å². The molecule has 0 unspecified atom stereocenters. The zero-order valence-electron chi connectivity index (χ0n) is 13.0. The first-order valence-electron chi connectivity index (χ1n) is 7.36. The third kappa shape index (κ3) is 2.77. The summed E-state index contributed by atoms with van der Waals surface area (Å²) < 4.78 is 0.871. The van der Waals surface area contributed by atoms with E-state index in [4.69, 9.17) is 0 Å². The summed E-state index contributed by atoms with van der Waals surface area (Å²) in [6, 6.07) is 14.8. The van der Waals surface area contributed by atoms with E-state index in [-0.39, 0.29) is 18.5 Å². The maximum absolute atomic E-state index is 12.9. The van der Waals surface area contributed by atoms with E-state index in [1.54, 1.807) is 6.92 Å². The van der Waals surface area contributed by atoms with Crippen LogP contribution in [0, 0.1) is 6.92 Å². The lowest BCUT2D eigenvalue weighted by molar-refractivity contribution is -0.131. The van der Waals surface area contributed by atoms with Gasteiger partial charge in [-0.05, 0) is 42.7 Å². The van der Waals surface area contributed by atoms with Crippen LogP contribution in [-0.4, -0.2) is 16.8 Å². The average Bonchev–Trinajstić information content (AvgIpc) is 2.74. The Kier molecular flexibility index (Phi) is 3.98. The summed E-state index contributed by atoms with van der Waals surface area (Å²) in [7, 11) is 0. The van der Waals surface area contributed by atoms with Crippen LogP contribution in [0.4, 0.5) is 4.79 Å². The Morgan fingerprint density at radius 3 is 2.57 bits per heavy atom. The molecule has 1 saturated heterocycles. The van der Waals surface area contributed by atoms with Crippen LogP contribution in [0.1, 0.15) is 23.6 Å². The van der Waals surface area contributed by atoms with Gasteiger partial charge in [-0.3, -0.25) is 9.69 Å². The fraction of sp³-hybridized carbons (Fsp3) is 0.222. The third-order valence-corrected chi connectivity index (χ3v) is 4.76. The van der Waals surface area contributed by atoms with Gasteiger partial charge in [-0.15, -0.1) is 0 Å². The highest BCUT2D eigenvalue weighted by Crippen LogP contribution is 2.31. The lowest BCUT2D eigenvalue weighted by Gasteiger charge is -2.22. The minimum atomic E-state index is -1.04. The number of hydrogen-bond acceptors (Lipinski definition) is 2. The highest BCUT2D eigenvalue weighted by molar-refractivity contribution is 9.10. The predicted octanol–water partition coefficient (Wildman–Crippen LogP) is 3.72. The molecule has 2 aromatic rings. The minimum absolute atomic E-state index is 0.233. The van der Waals surface area contributed by atoms with Gasteiger partial charge in [0.05, 0.1) is 6.54 Å². The zero-order valence-corrected chi connectivity index (χ0v) is 14.6. The van der Waals surface area contributed by atoms with Crippen molar-refractivity contribution in [2.24, 2.45) is 0 Å². The van der Waals surface area contributed by atoms with E-state index in [2.05, 4.69) is 21.2 Å². The Hall–Kier alpha value is -2.14. The molecule has 1 atom stereocenters. The van der Waals surface area contributed by atoms with Crippen LogP contribution in [0.3, 0.4) is 0 Å². The first-order chi connectivity index (χ1) is 10.9. The molecule has 1 heterocycles. The molecular weight excluding hydrogens is 356 g/mol. The highest BCUT2D eigenvalue weighted by Gasteiger charge is 2.48.